The van der Waals surface area contributed by atoms with E-state index in [0.29, 0.717) is 54.2 Å². The van der Waals surface area contributed by atoms with Crippen molar-refractivity contribution >= 4 is 40.6 Å². The van der Waals surface area contributed by atoms with E-state index in [1.807, 2.05) is 48.2 Å². The molecular weight excluding hydrogens is 621 g/mol. The molecule has 0 spiro atoms. The van der Waals surface area contributed by atoms with E-state index in [1.54, 1.807) is 6.92 Å². The Morgan fingerprint density at radius 1 is 0.957 bits per heavy atom. The van der Waals surface area contributed by atoms with Gasteiger partial charge in [-0.05, 0) is 97.7 Å². The lowest BCUT2D eigenvalue weighted by atomic mass is 9.82. The Labute approximate surface area is 281 Å². The van der Waals surface area contributed by atoms with E-state index in [1.165, 1.54) is 16.7 Å². The van der Waals surface area contributed by atoms with Crippen LogP contribution in [0.15, 0.2) is 60.2 Å². The molecule has 0 radical (unpaired) electrons. The molecule has 2 aliphatic heterocycles. The molecule has 2 bridgehead atoms. The van der Waals surface area contributed by atoms with Crippen LogP contribution < -0.4 is 14.8 Å². The first-order valence-electron chi connectivity index (χ1n) is 16.0. The molecular formula is C37H41Cl2N3O4. The maximum atomic E-state index is 14.6. The summed E-state index contributed by atoms with van der Waals surface area (Å²) in [5, 5.41) is 4.63. The molecule has 3 aromatic carbocycles. The Balaban J connectivity index is 1.23. The quantitative estimate of drug-likeness (QED) is 0.239. The number of rotatable bonds is 10. The van der Waals surface area contributed by atoms with Crippen molar-refractivity contribution in [1.29, 1.82) is 0 Å². The van der Waals surface area contributed by atoms with Gasteiger partial charge in [-0.25, -0.2) is 0 Å². The predicted molar refractivity (Wildman–Crippen MR) is 183 cm³/mol. The summed E-state index contributed by atoms with van der Waals surface area (Å²) in [5.41, 5.74) is 7.41. The van der Waals surface area contributed by atoms with E-state index in [2.05, 4.69) is 42.3 Å². The van der Waals surface area contributed by atoms with Gasteiger partial charge < -0.3 is 24.6 Å². The van der Waals surface area contributed by atoms with Crippen LogP contribution in [0.2, 0.25) is 10.0 Å². The van der Waals surface area contributed by atoms with Gasteiger partial charge in [-0.15, -0.1) is 0 Å². The van der Waals surface area contributed by atoms with Gasteiger partial charge in [0.15, 0.2) is 5.75 Å². The van der Waals surface area contributed by atoms with Crippen LogP contribution in [0.3, 0.4) is 0 Å². The van der Waals surface area contributed by atoms with Crippen molar-refractivity contribution in [3.8, 4) is 11.5 Å². The lowest BCUT2D eigenvalue weighted by Crippen LogP contribution is -2.61. The number of fused-ring (bicyclic) bond motifs is 2. The SMILES string of the molecule is CC(=O)N1C[C@H]2CC(c3ccc(OCCOc4c(Cl)cc(C)cc4Cl)cc3)=C(C(=O)N(Cc3cccc(C)c3C)C3CC3)[C@@H](C1)N2. The topological polar surface area (TPSA) is 71.1 Å². The number of benzene rings is 3. The zero-order valence-electron chi connectivity index (χ0n) is 26.9. The number of ether oxygens (including phenoxy) is 2. The molecule has 3 aromatic rings. The van der Waals surface area contributed by atoms with Crippen molar-refractivity contribution in [1.82, 2.24) is 15.1 Å². The average molecular weight is 663 g/mol. The number of amides is 2. The number of nitrogens with zero attached hydrogens (tertiary/aromatic N) is 2. The second-order valence-electron chi connectivity index (χ2n) is 12.7. The fraction of sp³-hybridized carbons (Fsp3) is 0.405. The fourth-order valence-electron chi connectivity index (χ4n) is 6.58. The zero-order valence-corrected chi connectivity index (χ0v) is 28.4. The monoisotopic (exact) mass is 661 g/mol. The molecule has 1 saturated heterocycles. The molecule has 2 fully saturated rings. The number of piperazine rings is 1. The van der Waals surface area contributed by atoms with Crippen LogP contribution >= 0.6 is 23.2 Å². The summed E-state index contributed by atoms with van der Waals surface area (Å²) >= 11 is 12.6. The Morgan fingerprint density at radius 2 is 1.65 bits per heavy atom. The molecule has 3 aliphatic rings. The second kappa shape index (κ2) is 13.7. The third kappa shape index (κ3) is 7.07. The van der Waals surface area contributed by atoms with Gasteiger partial charge in [-0.2, -0.15) is 0 Å². The maximum Gasteiger partial charge on any atom is 0.252 e. The summed E-state index contributed by atoms with van der Waals surface area (Å²) in [6, 6.07) is 18.0. The molecule has 1 N–H and O–H groups in total. The van der Waals surface area contributed by atoms with Gasteiger partial charge in [0.25, 0.3) is 5.91 Å². The third-order valence-electron chi connectivity index (χ3n) is 9.33. The third-order valence-corrected chi connectivity index (χ3v) is 9.89. The van der Waals surface area contributed by atoms with E-state index in [-0.39, 0.29) is 36.5 Å². The summed E-state index contributed by atoms with van der Waals surface area (Å²) < 4.78 is 11.8. The standard InChI is InChI=1S/C37H41Cl2N3O4/c1-22-16-32(38)36(33(39)17-22)46-15-14-45-30-12-8-26(9-13-30)31-18-28-20-41(25(4)43)21-34(40-28)35(31)37(44)42(29-10-11-29)19-27-7-5-6-23(2)24(27)3/h5-9,12-13,16-17,28-29,34,40H,10-11,14-15,18-21H2,1-4H3/t28-,34-/m1/s1. The van der Waals surface area contributed by atoms with Gasteiger partial charge in [-0.3, -0.25) is 9.59 Å². The van der Waals surface area contributed by atoms with Crippen LogP contribution in [0.1, 0.15) is 54.0 Å². The molecule has 242 valence electrons. The van der Waals surface area contributed by atoms with Crippen LogP contribution in [0.4, 0.5) is 0 Å². The molecule has 2 heterocycles. The summed E-state index contributed by atoms with van der Waals surface area (Å²) in [6.45, 7) is 10.1. The fourth-order valence-corrected chi connectivity index (χ4v) is 7.28. The van der Waals surface area contributed by atoms with E-state index in [9.17, 15) is 9.59 Å². The Bertz CT molecular complexity index is 1640. The first kappa shape index (κ1) is 32.4. The van der Waals surface area contributed by atoms with Gasteiger partial charge in [0, 0.05) is 44.2 Å². The van der Waals surface area contributed by atoms with Gasteiger partial charge in [-0.1, -0.05) is 53.5 Å². The molecule has 6 rings (SSSR count). The molecule has 0 unspecified atom stereocenters. The Kier molecular flexibility index (Phi) is 9.64. The highest BCUT2D eigenvalue weighted by atomic mass is 35.5. The normalized spacial score (nSPS) is 19.2. The maximum absolute atomic E-state index is 14.6. The molecule has 2 atom stereocenters. The van der Waals surface area contributed by atoms with E-state index in [4.69, 9.17) is 32.7 Å². The van der Waals surface area contributed by atoms with Crippen LogP contribution in [0.5, 0.6) is 11.5 Å². The van der Waals surface area contributed by atoms with Crippen LogP contribution in [-0.2, 0) is 16.1 Å². The van der Waals surface area contributed by atoms with Gasteiger partial charge in [0.05, 0.1) is 16.1 Å². The smallest absolute Gasteiger partial charge is 0.252 e. The number of carbonyl (C=O) groups excluding carboxylic acids is 2. The van der Waals surface area contributed by atoms with Crippen LogP contribution in [-0.4, -0.2) is 66.0 Å². The molecule has 0 aromatic heterocycles. The largest absolute Gasteiger partial charge is 0.490 e. The molecule has 9 heteroatoms. The predicted octanol–water partition coefficient (Wildman–Crippen LogP) is 6.91. The minimum Gasteiger partial charge on any atom is -0.490 e. The minimum absolute atomic E-state index is 0.0404. The zero-order chi connectivity index (χ0) is 32.5. The van der Waals surface area contributed by atoms with Crippen molar-refractivity contribution in [2.24, 2.45) is 0 Å². The molecule has 46 heavy (non-hydrogen) atoms. The number of hydrogen-bond acceptors (Lipinski definition) is 5. The van der Waals surface area contributed by atoms with Gasteiger partial charge in [0.1, 0.15) is 19.0 Å². The average Bonchev–Trinajstić information content (AvgIpc) is 3.86. The summed E-state index contributed by atoms with van der Waals surface area (Å²) in [4.78, 5) is 31.0. The number of nitrogens with one attached hydrogen (secondary N) is 1. The van der Waals surface area contributed by atoms with Crippen molar-refractivity contribution in [2.75, 3.05) is 26.3 Å². The molecule has 2 amide bonds. The number of halogens is 2. The molecule has 1 saturated carbocycles. The van der Waals surface area contributed by atoms with Crippen molar-refractivity contribution in [3.63, 3.8) is 0 Å². The summed E-state index contributed by atoms with van der Waals surface area (Å²) in [6.07, 6.45) is 2.69. The highest BCUT2D eigenvalue weighted by molar-refractivity contribution is 6.37. The first-order chi connectivity index (χ1) is 22.1. The number of hydrogen-bond donors (Lipinski definition) is 1. The van der Waals surface area contributed by atoms with Crippen molar-refractivity contribution < 1.29 is 19.1 Å². The Morgan fingerprint density at radius 3 is 2.33 bits per heavy atom. The highest BCUT2D eigenvalue weighted by Gasteiger charge is 2.43. The number of aryl methyl sites for hydroxylation is 2. The first-order valence-corrected chi connectivity index (χ1v) is 16.8. The van der Waals surface area contributed by atoms with E-state index >= 15 is 0 Å². The van der Waals surface area contributed by atoms with Crippen LogP contribution in [0.25, 0.3) is 5.57 Å². The second-order valence-corrected chi connectivity index (χ2v) is 13.6. The van der Waals surface area contributed by atoms with Gasteiger partial charge in [0.2, 0.25) is 5.91 Å². The Hall–Kier alpha value is -3.52. The van der Waals surface area contributed by atoms with Gasteiger partial charge >= 0.3 is 0 Å². The van der Waals surface area contributed by atoms with Crippen molar-refractivity contribution in [2.45, 2.75) is 71.6 Å². The lowest BCUT2D eigenvalue weighted by molar-refractivity contribution is -0.132. The van der Waals surface area contributed by atoms with Crippen LogP contribution in [0, 0.1) is 20.8 Å². The highest BCUT2D eigenvalue weighted by Crippen LogP contribution is 2.38. The van der Waals surface area contributed by atoms with E-state index in [0.717, 1.165) is 35.1 Å². The summed E-state index contributed by atoms with van der Waals surface area (Å²) in [7, 11) is 0. The van der Waals surface area contributed by atoms with Crippen molar-refractivity contribution in [3.05, 3.63) is 98.0 Å². The van der Waals surface area contributed by atoms with E-state index < -0.39 is 0 Å². The minimum atomic E-state index is -0.229. The molecule has 1 aliphatic carbocycles. The lowest BCUT2D eigenvalue weighted by Gasteiger charge is -2.44. The summed E-state index contributed by atoms with van der Waals surface area (Å²) in [5.74, 6) is 1.26. The number of carbonyl (C=O) groups is 2. The molecule has 7 nitrogen and oxygen atoms in total.